The molecule has 0 saturated heterocycles. The van der Waals surface area contributed by atoms with Crippen LogP contribution in [0, 0.1) is 12.7 Å². The Morgan fingerprint density at radius 2 is 2.10 bits per heavy atom. The van der Waals surface area contributed by atoms with E-state index in [9.17, 15) is 4.39 Å². The van der Waals surface area contributed by atoms with E-state index in [4.69, 9.17) is 0 Å². The number of nitrogens with zero attached hydrogens (tertiary/aromatic N) is 2. The molecule has 2 aromatic rings. The monoisotopic (exact) mass is 275 g/mol. The van der Waals surface area contributed by atoms with Crippen molar-refractivity contribution in [3.63, 3.8) is 0 Å². The molecule has 4 heteroatoms. The lowest BCUT2D eigenvalue weighted by Crippen LogP contribution is -2.12. The molecule has 0 aliphatic heterocycles. The van der Waals surface area contributed by atoms with Crippen molar-refractivity contribution in [1.82, 2.24) is 15.1 Å². The normalized spacial score (nSPS) is 11.0. The highest BCUT2D eigenvalue weighted by molar-refractivity contribution is 5.65. The molecular weight excluding hydrogens is 253 g/mol. The quantitative estimate of drug-likeness (QED) is 0.874. The van der Waals surface area contributed by atoms with Crippen molar-refractivity contribution in [3.8, 4) is 11.1 Å². The van der Waals surface area contributed by atoms with Gasteiger partial charge in [0, 0.05) is 30.4 Å². The highest BCUT2D eigenvalue weighted by Gasteiger charge is 2.10. The molecule has 0 radical (unpaired) electrons. The summed E-state index contributed by atoms with van der Waals surface area (Å²) < 4.78 is 16.0. The first-order chi connectivity index (χ1) is 9.65. The molecule has 1 heterocycles. The minimum atomic E-state index is -0.161. The second-order valence-electron chi connectivity index (χ2n) is 4.98. The van der Waals surface area contributed by atoms with Crippen molar-refractivity contribution >= 4 is 0 Å². The van der Waals surface area contributed by atoms with Gasteiger partial charge in [-0.25, -0.2) is 4.39 Å². The van der Waals surface area contributed by atoms with Gasteiger partial charge in [0.25, 0.3) is 0 Å². The van der Waals surface area contributed by atoms with E-state index in [2.05, 4.69) is 17.3 Å². The van der Waals surface area contributed by atoms with Crippen LogP contribution < -0.4 is 5.32 Å². The molecular formula is C16H22FN3. The summed E-state index contributed by atoms with van der Waals surface area (Å²) in [5.41, 5.74) is 3.54. The van der Waals surface area contributed by atoms with Crippen LogP contribution in [0.2, 0.25) is 0 Å². The highest BCUT2D eigenvalue weighted by atomic mass is 19.1. The van der Waals surface area contributed by atoms with Gasteiger partial charge in [-0.05, 0) is 31.5 Å². The van der Waals surface area contributed by atoms with Crippen molar-refractivity contribution in [3.05, 3.63) is 41.5 Å². The summed E-state index contributed by atoms with van der Waals surface area (Å²) in [5, 5.41) is 7.60. The molecule has 0 aliphatic rings. The summed E-state index contributed by atoms with van der Waals surface area (Å²) >= 11 is 0. The number of nitrogens with one attached hydrogen (secondary N) is 1. The Balaban J connectivity index is 2.26. The largest absolute Gasteiger partial charge is 0.313 e. The molecule has 3 nitrogen and oxygen atoms in total. The highest BCUT2D eigenvalue weighted by Crippen LogP contribution is 2.24. The zero-order chi connectivity index (χ0) is 14.5. The maximum absolute atomic E-state index is 14.1. The zero-order valence-electron chi connectivity index (χ0n) is 12.4. The number of benzene rings is 1. The van der Waals surface area contributed by atoms with Crippen LogP contribution in [0.5, 0.6) is 0 Å². The lowest BCUT2D eigenvalue weighted by molar-refractivity contribution is 0.594. The molecule has 0 atom stereocenters. The molecule has 0 fully saturated rings. The minimum absolute atomic E-state index is 0.161. The summed E-state index contributed by atoms with van der Waals surface area (Å²) in [6.07, 6.45) is 3.04. The van der Waals surface area contributed by atoms with Crippen molar-refractivity contribution in [2.45, 2.75) is 40.3 Å². The zero-order valence-corrected chi connectivity index (χ0v) is 12.4. The van der Waals surface area contributed by atoms with Crippen LogP contribution in [0.25, 0.3) is 11.1 Å². The summed E-state index contributed by atoms with van der Waals surface area (Å²) in [4.78, 5) is 0. The smallest absolute Gasteiger partial charge is 0.128 e. The maximum Gasteiger partial charge on any atom is 0.128 e. The van der Waals surface area contributed by atoms with E-state index in [1.54, 1.807) is 6.07 Å². The number of halogens is 1. The van der Waals surface area contributed by atoms with Gasteiger partial charge < -0.3 is 5.32 Å². The summed E-state index contributed by atoms with van der Waals surface area (Å²) in [6.45, 7) is 8.39. The first kappa shape index (κ1) is 14.7. The summed E-state index contributed by atoms with van der Waals surface area (Å²) in [5.74, 6) is -0.161. The van der Waals surface area contributed by atoms with E-state index in [1.165, 1.54) is 0 Å². The molecule has 0 unspecified atom stereocenters. The van der Waals surface area contributed by atoms with Gasteiger partial charge in [0.2, 0.25) is 0 Å². The molecule has 0 aliphatic carbocycles. The summed E-state index contributed by atoms with van der Waals surface area (Å²) in [6, 6.07) is 5.42. The van der Waals surface area contributed by atoms with Gasteiger partial charge in [-0.2, -0.15) is 5.10 Å². The fourth-order valence-electron chi connectivity index (χ4n) is 2.26. The first-order valence-electron chi connectivity index (χ1n) is 7.19. The third-order valence-electron chi connectivity index (χ3n) is 3.33. The van der Waals surface area contributed by atoms with Gasteiger partial charge in [0.15, 0.2) is 0 Å². The van der Waals surface area contributed by atoms with Crippen LogP contribution in [0.15, 0.2) is 24.4 Å². The van der Waals surface area contributed by atoms with Crippen molar-refractivity contribution in [2.75, 3.05) is 6.54 Å². The molecule has 1 aromatic heterocycles. The number of aryl methyl sites for hydroxylation is 2. The van der Waals surface area contributed by atoms with Gasteiger partial charge >= 0.3 is 0 Å². The molecule has 0 spiro atoms. The third-order valence-corrected chi connectivity index (χ3v) is 3.33. The van der Waals surface area contributed by atoms with E-state index in [1.807, 2.05) is 36.9 Å². The van der Waals surface area contributed by atoms with Gasteiger partial charge in [-0.15, -0.1) is 0 Å². The minimum Gasteiger partial charge on any atom is -0.313 e. The molecule has 0 bridgehead atoms. The maximum atomic E-state index is 14.1. The Hall–Kier alpha value is -1.68. The Morgan fingerprint density at radius 3 is 2.75 bits per heavy atom. The average Bonchev–Trinajstić information content (AvgIpc) is 2.79. The predicted octanol–water partition coefficient (Wildman–Crippen LogP) is 3.52. The molecule has 1 N–H and O–H groups in total. The van der Waals surface area contributed by atoms with Crippen LogP contribution >= 0.6 is 0 Å². The van der Waals surface area contributed by atoms with Crippen molar-refractivity contribution < 1.29 is 4.39 Å². The predicted molar refractivity (Wildman–Crippen MR) is 80.0 cm³/mol. The van der Waals surface area contributed by atoms with Crippen LogP contribution in [-0.4, -0.2) is 16.3 Å². The van der Waals surface area contributed by atoms with Gasteiger partial charge in [-0.1, -0.05) is 26.0 Å². The number of hydrogen-bond acceptors (Lipinski definition) is 2. The van der Waals surface area contributed by atoms with Crippen LogP contribution in [0.1, 0.15) is 31.5 Å². The van der Waals surface area contributed by atoms with E-state index < -0.39 is 0 Å². The first-order valence-corrected chi connectivity index (χ1v) is 7.19. The van der Waals surface area contributed by atoms with Crippen LogP contribution in [0.4, 0.5) is 4.39 Å². The Kier molecular flexibility index (Phi) is 4.90. The second-order valence-corrected chi connectivity index (χ2v) is 4.98. The number of rotatable bonds is 6. The average molecular weight is 275 g/mol. The van der Waals surface area contributed by atoms with Gasteiger partial charge in [-0.3, -0.25) is 4.68 Å². The lowest BCUT2D eigenvalue weighted by Gasteiger charge is -2.06. The topological polar surface area (TPSA) is 29.9 Å². The molecule has 0 saturated carbocycles. The fraction of sp³-hybridized carbons (Fsp3) is 0.438. The fourth-order valence-corrected chi connectivity index (χ4v) is 2.26. The molecule has 20 heavy (non-hydrogen) atoms. The van der Waals surface area contributed by atoms with E-state index in [-0.39, 0.29) is 5.82 Å². The van der Waals surface area contributed by atoms with Crippen LogP contribution in [0.3, 0.4) is 0 Å². The van der Waals surface area contributed by atoms with Gasteiger partial charge in [0.05, 0.1) is 5.69 Å². The number of hydrogen-bond donors (Lipinski definition) is 1. The Morgan fingerprint density at radius 1 is 1.30 bits per heavy atom. The number of aromatic nitrogens is 2. The SMILES string of the molecule is CCCn1cc(-c2ccc(CNCC)c(F)c2)c(C)n1. The van der Waals surface area contributed by atoms with E-state index >= 15 is 0 Å². The van der Waals surface area contributed by atoms with Crippen molar-refractivity contribution in [1.29, 1.82) is 0 Å². The third kappa shape index (κ3) is 3.25. The van der Waals surface area contributed by atoms with E-state index in [0.717, 1.165) is 36.3 Å². The second kappa shape index (κ2) is 6.66. The van der Waals surface area contributed by atoms with E-state index in [0.29, 0.717) is 12.1 Å². The lowest BCUT2D eigenvalue weighted by atomic mass is 10.0. The molecule has 108 valence electrons. The Labute approximate surface area is 119 Å². The van der Waals surface area contributed by atoms with Crippen molar-refractivity contribution in [2.24, 2.45) is 0 Å². The molecule has 2 rings (SSSR count). The van der Waals surface area contributed by atoms with Gasteiger partial charge in [0.1, 0.15) is 5.82 Å². The molecule has 0 amide bonds. The standard InChI is InChI=1S/C16H22FN3/c1-4-8-20-11-15(12(3)19-20)13-6-7-14(10-18-5-2)16(17)9-13/h6-7,9,11,18H,4-5,8,10H2,1-3H3. The summed E-state index contributed by atoms with van der Waals surface area (Å²) in [7, 11) is 0. The molecule has 1 aromatic carbocycles. The Bertz CT molecular complexity index is 575. The van der Waals surface area contributed by atoms with Crippen LogP contribution in [-0.2, 0) is 13.1 Å².